The molecule has 0 bridgehead atoms. The zero-order chi connectivity index (χ0) is 16.5. The fraction of sp³-hybridized carbons (Fsp3) is 0.375. The van der Waals surface area contributed by atoms with Gasteiger partial charge in [0.15, 0.2) is 0 Å². The molecule has 1 heterocycles. The number of carbonyl (C=O) groups excluding carboxylic acids is 1. The van der Waals surface area contributed by atoms with E-state index in [1.807, 2.05) is 26.8 Å². The highest BCUT2D eigenvalue weighted by molar-refractivity contribution is 6.42. The van der Waals surface area contributed by atoms with Crippen molar-refractivity contribution in [3.63, 3.8) is 0 Å². The topological polar surface area (TPSA) is 38.1 Å². The van der Waals surface area contributed by atoms with Crippen LogP contribution in [0.25, 0.3) is 0 Å². The zero-order valence-electron chi connectivity index (χ0n) is 13.1. The van der Waals surface area contributed by atoms with Crippen molar-refractivity contribution >= 4 is 29.1 Å². The predicted octanol–water partition coefficient (Wildman–Crippen LogP) is 4.22. The van der Waals surface area contributed by atoms with Crippen molar-refractivity contribution in [3.8, 4) is 0 Å². The molecule has 2 rings (SSSR count). The Hall–Kier alpha value is -1.52. The molecule has 0 aliphatic carbocycles. The molecule has 22 heavy (non-hydrogen) atoms. The number of rotatable bonds is 3. The van der Waals surface area contributed by atoms with Crippen LogP contribution in [0.1, 0.15) is 36.7 Å². The minimum atomic E-state index is -0.152. The van der Waals surface area contributed by atoms with Crippen LogP contribution in [0.5, 0.6) is 0 Å². The molecule has 2 aromatic rings. The first-order chi connectivity index (χ1) is 10.2. The van der Waals surface area contributed by atoms with Crippen LogP contribution in [0.3, 0.4) is 0 Å². The van der Waals surface area contributed by atoms with E-state index in [-0.39, 0.29) is 11.4 Å². The van der Waals surface area contributed by atoms with E-state index in [9.17, 15) is 4.79 Å². The lowest BCUT2D eigenvalue weighted by molar-refractivity contribution is 0.0785. The van der Waals surface area contributed by atoms with Crippen molar-refractivity contribution in [1.29, 1.82) is 0 Å². The summed E-state index contributed by atoms with van der Waals surface area (Å²) >= 11 is 11.9. The number of hydrogen-bond acceptors (Lipinski definition) is 2. The maximum absolute atomic E-state index is 12.5. The Bertz CT molecular complexity index is 689. The van der Waals surface area contributed by atoms with Crippen LogP contribution in [0, 0.1) is 0 Å². The highest BCUT2D eigenvalue weighted by atomic mass is 35.5. The van der Waals surface area contributed by atoms with E-state index in [0.717, 1.165) is 5.56 Å². The number of benzene rings is 1. The van der Waals surface area contributed by atoms with Crippen molar-refractivity contribution in [1.82, 2.24) is 14.7 Å². The second-order valence-corrected chi connectivity index (χ2v) is 7.07. The molecule has 0 fully saturated rings. The van der Waals surface area contributed by atoms with Gasteiger partial charge in [0.2, 0.25) is 0 Å². The van der Waals surface area contributed by atoms with E-state index >= 15 is 0 Å². The van der Waals surface area contributed by atoms with Gasteiger partial charge in [-0.1, -0.05) is 29.3 Å². The smallest absolute Gasteiger partial charge is 0.257 e. The van der Waals surface area contributed by atoms with Gasteiger partial charge in [-0.25, -0.2) is 0 Å². The van der Waals surface area contributed by atoms with Gasteiger partial charge in [-0.15, -0.1) is 0 Å². The average Bonchev–Trinajstić information content (AvgIpc) is 2.91. The van der Waals surface area contributed by atoms with Gasteiger partial charge < -0.3 is 4.90 Å². The van der Waals surface area contributed by atoms with Gasteiger partial charge in [-0.3, -0.25) is 9.48 Å². The maximum atomic E-state index is 12.5. The fourth-order valence-electron chi connectivity index (χ4n) is 2.00. The third-order valence-electron chi connectivity index (χ3n) is 3.27. The highest BCUT2D eigenvalue weighted by Crippen LogP contribution is 2.23. The summed E-state index contributed by atoms with van der Waals surface area (Å²) in [6.45, 7) is 6.56. The van der Waals surface area contributed by atoms with Gasteiger partial charge in [0, 0.05) is 19.8 Å². The van der Waals surface area contributed by atoms with Gasteiger partial charge in [0.05, 0.1) is 27.3 Å². The summed E-state index contributed by atoms with van der Waals surface area (Å²) in [7, 11) is 1.75. The standard InChI is InChI=1S/C16H19Cl2N3O/c1-16(2,3)21-10-12(8-19-21)15(22)20(4)9-11-5-6-13(17)14(18)7-11/h5-8,10H,9H2,1-4H3. The molecule has 4 nitrogen and oxygen atoms in total. The average molecular weight is 340 g/mol. The monoisotopic (exact) mass is 339 g/mol. The fourth-order valence-corrected chi connectivity index (χ4v) is 2.32. The number of halogens is 2. The number of amides is 1. The largest absolute Gasteiger partial charge is 0.337 e. The van der Waals surface area contributed by atoms with Gasteiger partial charge in [0.1, 0.15) is 0 Å². The second kappa shape index (κ2) is 6.31. The molecule has 1 aromatic heterocycles. The van der Waals surface area contributed by atoms with Gasteiger partial charge in [-0.05, 0) is 38.5 Å². The summed E-state index contributed by atoms with van der Waals surface area (Å²) in [6, 6.07) is 5.36. The lowest BCUT2D eigenvalue weighted by Gasteiger charge is -2.19. The molecule has 0 N–H and O–H groups in total. The lowest BCUT2D eigenvalue weighted by Crippen LogP contribution is -2.26. The molecule has 118 valence electrons. The van der Waals surface area contributed by atoms with Crippen molar-refractivity contribution in [2.45, 2.75) is 32.9 Å². The molecule has 6 heteroatoms. The third kappa shape index (κ3) is 3.81. The molecule has 0 radical (unpaired) electrons. The summed E-state index contributed by atoms with van der Waals surface area (Å²) in [5.41, 5.74) is 1.34. The lowest BCUT2D eigenvalue weighted by atomic mass is 10.1. The zero-order valence-corrected chi connectivity index (χ0v) is 14.6. The maximum Gasteiger partial charge on any atom is 0.257 e. The normalized spacial score (nSPS) is 11.5. The first-order valence-corrected chi connectivity index (χ1v) is 7.68. The molecule has 0 saturated heterocycles. The number of carbonyl (C=O) groups is 1. The SMILES string of the molecule is CN(Cc1ccc(Cl)c(Cl)c1)C(=O)c1cnn(C(C)(C)C)c1. The van der Waals surface area contributed by atoms with Crippen molar-refractivity contribution in [2.24, 2.45) is 0 Å². The number of aromatic nitrogens is 2. The van der Waals surface area contributed by atoms with E-state index in [0.29, 0.717) is 22.2 Å². The Morgan fingerprint density at radius 1 is 1.27 bits per heavy atom. The summed E-state index contributed by atoms with van der Waals surface area (Å²) in [6.07, 6.45) is 3.37. The van der Waals surface area contributed by atoms with Crippen molar-refractivity contribution in [3.05, 3.63) is 51.8 Å². The first kappa shape index (κ1) is 16.8. The Kier molecular flexibility index (Phi) is 4.83. The molecule has 0 atom stereocenters. The molecule has 0 aliphatic heterocycles. The molecule has 0 saturated carbocycles. The Labute approximate surface area is 140 Å². The van der Waals surface area contributed by atoms with Crippen LogP contribution < -0.4 is 0 Å². The number of hydrogen-bond donors (Lipinski definition) is 0. The predicted molar refractivity (Wildman–Crippen MR) is 89.5 cm³/mol. The molecule has 0 unspecified atom stereocenters. The minimum Gasteiger partial charge on any atom is -0.337 e. The highest BCUT2D eigenvalue weighted by Gasteiger charge is 2.19. The summed E-state index contributed by atoms with van der Waals surface area (Å²) in [5.74, 6) is -0.0819. The summed E-state index contributed by atoms with van der Waals surface area (Å²) in [5, 5.41) is 5.25. The van der Waals surface area contributed by atoms with Crippen LogP contribution >= 0.6 is 23.2 Å². The van der Waals surface area contributed by atoms with Crippen LogP contribution in [0.15, 0.2) is 30.6 Å². The Balaban J connectivity index is 2.12. The van der Waals surface area contributed by atoms with Gasteiger partial charge in [-0.2, -0.15) is 5.10 Å². The quantitative estimate of drug-likeness (QED) is 0.839. The summed E-state index contributed by atoms with van der Waals surface area (Å²) in [4.78, 5) is 14.1. The van der Waals surface area contributed by atoms with E-state index in [2.05, 4.69) is 5.10 Å². The van der Waals surface area contributed by atoms with Crippen LogP contribution in [-0.2, 0) is 12.1 Å². The Morgan fingerprint density at radius 3 is 2.50 bits per heavy atom. The van der Waals surface area contributed by atoms with Crippen LogP contribution in [-0.4, -0.2) is 27.6 Å². The van der Waals surface area contributed by atoms with Crippen LogP contribution in [0.2, 0.25) is 10.0 Å². The van der Waals surface area contributed by atoms with Gasteiger partial charge in [0.25, 0.3) is 5.91 Å². The Morgan fingerprint density at radius 2 is 1.95 bits per heavy atom. The van der Waals surface area contributed by atoms with Gasteiger partial charge >= 0.3 is 0 Å². The molecular formula is C16H19Cl2N3O. The molecular weight excluding hydrogens is 321 g/mol. The minimum absolute atomic E-state index is 0.0819. The van der Waals surface area contributed by atoms with E-state index in [4.69, 9.17) is 23.2 Å². The molecule has 1 amide bonds. The molecule has 0 spiro atoms. The molecule has 0 aliphatic rings. The van der Waals surface area contributed by atoms with Crippen molar-refractivity contribution in [2.75, 3.05) is 7.05 Å². The van der Waals surface area contributed by atoms with Crippen molar-refractivity contribution < 1.29 is 4.79 Å². The third-order valence-corrected chi connectivity index (χ3v) is 4.01. The molecule has 1 aromatic carbocycles. The van der Waals surface area contributed by atoms with Crippen LogP contribution in [0.4, 0.5) is 0 Å². The van der Waals surface area contributed by atoms with E-state index in [1.54, 1.807) is 41.2 Å². The number of nitrogens with zero attached hydrogens (tertiary/aromatic N) is 3. The van der Waals surface area contributed by atoms with E-state index in [1.165, 1.54) is 0 Å². The summed E-state index contributed by atoms with van der Waals surface area (Å²) < 4.78 is 1.78. The first-order valence-electron chi connectivity index (χ1n) is 6.93. The second-order valence-electron chi connectivity index (χ2n) is 6.25. The van der Waals surface area contributed by atoms with E-state index < -0.39 is 0 Å².